The van der Waals surface area contributed by atoms with Crippen LogP contribution in [0.3, 0.4) is 0 Å². The van der Waals surface area contributed by atoms with Gasteiger partial charge in [-0.2, -0.15) is 0 Å². The van der Waals surface area contributed by atoms with Crippen LogP contribution in [0.5, 0.6) is 0 Å². The zero-order valence-electron chi connectivity index (χ0n) is 11.7. The number of piperidine rings is 1. The number of para-hydroxylation sites is 1. The van der Waals surface area contributed by atoms with Gasteiger partial charge in [0.25, 0.3) is 0 Å². The molecule has 1 saturated heterocycles. The fraction of sp³-hybridized carbons (Fsp3) is 0.438. The van der Waals surface area contributed by atoms with Crippen LogP contribution in [0.1, 0.15) is 23.2 Å². The van der Waals surface area contributed by atoms with Crippen LogP contribution >= 0.6 is 0 Å². The highest BCUT2D eigenvalue weighted by Crippen LogP contribution is 2.22. The van der Waals surface area contributed by atoms with Gasteiger partial charge in [0.1, 0.15) is 11.8 Å². The van der Waals surface area contributed by atoms with Crippen molar-refractivity contribution in [3.63, 3.8) is 0 Å². The second kappa shape index (κ2) is 5.77. The van der Waals surface area contributed by atoms with E-state index in [4.69, 9.17) is 9.15 Å². The first kappa shape index (κ1) is 13.3. The topological polar surface area (TPSA) is 42.7 Å². The predicted octanol–water partition coefficient (Wildman–Crippen LogP) is 2.73. The number of furan rings is 1. The second-order valence-corrected chi connectivity index (χ2v) is 5.28. The summed E-state index contributed by atoms with van der Waals surface area (Å²) >= 11 is 0. The van der Waals surface area contributed by atoms with E-state index in [0.29, 0.717) is 18.2 Å². The van der Waals surface area contributed by atoms with Crippen LogP contribution in [0, 0.1) is 0 Å². The summed E-state index contributed by atoms with van der Waals surface area (Å²) in [6.45, 7) is 2.29. The Balaban J connectivity index is 1.68. The third kappa shape index (κ3) is 2.62. The van der Waals surface area contributed by atoms with E-state index in [1.807, 2.05) is 24.3 Å². The molecule has 2 aromatic rings. The average Bonchev–Trinajstić information content (AvgIpc) is 2.92. The molecule has 0 bridgehead atoms. The lowest BCUT2D eigenvalue weighted by Crippen LogP contribution is -2.39. The first-order valence-electron chi connectivity index (χ1n) is 7.02. The number of benzene rings is 1. The van der Waals surface area contributed by atoms with Crippen molar-refractivity contribution >= 4 is 16.8 Å². The van der Waals surface area contributed by atoms with Crippen molar-refractivity contribution in [1.29, 1.82) is 0 Å². The SMILES string of the molecule is COC1CCN(CC(=O)c2coc3ccccc23)CC1. The zero-order valence-corrected chi connectivity index (χ0v) is 11.7. The van der Waals surface area contributed by atoms with E-state index in [1.54, 1.807) is 13.4 Å². The van der Waals surface area contributed by atoms with Gasteiger partial charge in [-0.15, -0.1) is 0 Å². The number of fused-ring (bicyclic) bond motifs is 1. The van der Waals surface area contributed by atoms with Gasteiger partial charge in [0.2, 0.25) is 0 Å². The minimum Gasteiger partial charge on any atom is -0.464 e. The highest BCUT2D eigenvalue weighted by Gasteiger charge is 2.22. The summed E-state index contributed by atoms with van der Waals surface area (Å²) in [6.07, 6.45) is 3.91. The number of ether oxygens (including phenoxy) is 1. The smallest absolute Gasteiger partial charge is 0.180 e. The molecule has 0 N–H and O–H groups in total. The minimum atomic E-state index is 0.130. The number of hydrogen-bond acceptors (Lipinski definition) is 4. The highest BCUT2D eigenvalue weighted by atomic mass is 16.5. The van der Waals surface area contributed by atoms with Crippen molar-refractivity contribution < 1.29 is 13.9 Å². The first-order valence-corrected chi connectivity index (χ1v) is 7.02. The molecule has 1 fully saturated rings. The lowest BCUT2D eigenvalue weighted by molar-refractivity contribution is 0.0402. The average molecular weight is 273 g/mol. The van der Waals surface area contributed by atoms with Crippen LogP contribution in [0.25, 0.3) is 11.0 Å². The number of ketones is 1. The summed E-state index contributed by atoms with van der Waals surface area (Å²) in [6, 6.07) is 7.66. The summed E-state index contributed by atoms with van der Waals surface area (Å²) in [4.78, 5) is 14.6. The maximum atomic E-state index is 12.4. The number of likely N-dealkylation sites (tertiary alicyclic amines) is 1. The van der Waals surface area contributed by atoms with Crippen molar-refractivity contribution in [3.8, 4) is 0 Å². The van der Waals surface area contributed by atoms with E-state index in [1.165, 1.54) is 0 Å². The van der Waals surface area contributed by atoms with Gasteiger partial charge in [0.15, 0.2) is 5.78 Å². The number of carbonyl (C=O) groups is 1. The molecule has 0 amide bonds. The molecule has 0 aliphatic carbocycles. The molecule has 1 aromatic heterocycles. The van der Waals surface area contributed by atoms with Crippen molar-refractivity contribution in [1.82, 2.24) is 4.90 Å². The standard InChI is InChI=1S/C16H19NO3/c1-19-12-6-8-17(9-7-12)10-15(18)14-11-20-16-5-3-2-4-13(14)16/h2-5,11-12H,6-10H2,1H3. The molecular formula is C16H19NO3. The number of rotatable bonds is 4. The molecule has 1 aliphatic rings. The monoisotopic (exact) mass is 273 g/mol. The van der Waals surface area contributed by atoms with Crippen molar-refractivity contribution in [3.05, 3.63) is 36.1 Å². The molecule has 3 rings (SSSR count). The van der Waals surface area contributed by atoms with Crippen LogP contribution in [-0.2, 0) is 4.74 Å². The molecule has 20 heavy (non-hydrogen) atoms. The number of nitrogens with zero attached hydrogens (tertiary/aromatic N) is 1. The van der Waals surface area contributed by atoms with E-state index >= 15 is 0 Å². The molecule has 106 valence electrons. The van der Waals surface area contributed by atoms with Crippen molar-refractivity contribution in [2.75, 3.05) is 26.7 Å². The van der Waals surface area contributed by atoms with Gasteiger partial charge in [-0.3, -0.25) is 9.69 Å². The Kier molecular flexibility index (Phi) is 3.85. The van der Waals surface area contributed by atoms with Gasteiger partial charge in [0.05, 0.1) is 18.2 Å². The molecule has 1 aromatic carbocycles. The van der Waals surface area contributed by atoms with Crippen LogP contribution < -0.4 is 0 Å². The molecule has 0 radical (unpaired) electrons. The summed E-state index contributed by atoms with van der Waals surface area (Å²) in [7, 11) is 1.75. The Hall–Kier alpha value is -1.65. The van der Waals surface area contributed by atoms with E-state index in [0.717, 1.165) is 36.9 Å². The summed E-state index contributed by atoms with van der Waals surface area (Å²) in [5.41, 5.74) is 1.46. The van der Waals surface area contributed by atoms with Crippen LogP contribution in [0.15, 0.2) is 34.9 Å². The number of methoxy groups -OCH3 is 1. The Bertz CT molecular complexity index is 597. The second-order valence-electron chi connectivity index (χ2n) is 5.28. The van der Waals surface area contributed by atoms with E-state index < -0.39 is 0 Å². The van der Waals surface area contributed by atoms with Crippen molar-refractivity contribution in [2.45, 2.75) is 18.9 Å². The Morgan fingerprint density at radius 2 is 2.10 bits per heavy atom. The fourth-order valence-corrected chi connectivity index (χ4v) is 2.79. The summed E-state index contributed by atoms with van der Waals surface area (Å²) in [5.74, 6) is 0.130. The van der Waals surface area contributed by atoms with Gasteiger partial charge in [-0.05, 0) is 18.9 Å². The Labute approximate surface area is 118 Å². The number of carbonyl (C=O) groups excluding carboxylic acids is 1. The Morgan fingerprint density at radius 1 is 1.35 bits per heavy atom. The maximum Gasteiger partial charge on any atom is 0.180 e. The van der Waals surface area contributed by atoms with E-state index in [2.05, 4.69) is 4.90 Å². The highest BCUT2D eigenvalue weighted by molar-refractivity contribution is 6.08. The normalized spacial score (nSPS) is 17.6. The Morgan fingerprint density at radius 3 is 2.85 bits per heavy atom. The molecule has 1 aliphatic heterocycles. The van der Waals surface area contributed by atoms with Gasteiger partial charge < -0.3 is 9.15 Å². The third-order valence-electron chi connectivity index (χ3n) is 4.02. The predicted molar refractivity (Wildman–Crippen MR) is 77.0 cm³/mol. The van der Waals surface area contributed by atoms with Gasteiger partial charge >= 0.3 is 0 Å². The fourth-order valence-electron chi connectivity index (χ4n) is 2.79. The van der Waals surface area contributed by atoms with Gasteiger partial charge in [-0.1, -0.05) is 18.2 Å². The zero-order chi connectivity index (χ0) is 13.9. The minimum absolute atomic E-state index is 0.130. The first-order chi connectivity index (χ1) is 9.78. The molecule has 0 saturated carbocycles. The molecular weight excluding hydrogens is 254 g/mol. The molecule has 0 spiro atoms. The number of hydrogen-bond donors (Lipinski definition) is 0. The van der Waals surface area contributed by atoms with Crippen molar-refractivity contribution in [2.24, 2.45) is 0 Å². The largest absolute Gasteiger partial charge is 0.464 e. The lowest BCUT2D eigenvalue weighted by Gasteiger charge is -2.30. The lowest BCUT2D eigenvalue weighted by atomic mass is 10.1. The number of Topliss-reactive ketones (excluding diaryl/α,β-unsaturated/α-hetero) is 1. The van der Waals surface area contributed by atoms with Crippen LogP contribution in [0.2, 0.25) is 0 Å². The van der Waals surface area contributed by atoms with E-state index in [-0.39, 0.29) is 5.78 Å². The molecule has 0 atom stereocenters. The van der Waals surface area contributed by atoms with E-state index in [9.17, 15) is 4.79 Å². The quantitative estimate of drug-likeness (QED) is 0.803. The third-order valence-corrected chi connectivity index (χ3v) is 4.02. The van der Waals surface area contributed by atoms with Gasteiger partial charge in [0, 0.05) is 25.6 Å². The maximum absolute atomic E-state index is 12.4. The molecule has 2 heterocycles. The molecule has 4 heteroatoms. The summed E-state index contributed by atoms with van der Waals surface area (Å²) < 4.78 is 10.8. The van der Waals surface area contributed by atoms with Crippen LogP contribution in [-0.4, -0.2) is 43.5 Å². The van der Waals surface area contributed by atoms with Crippen LogP contribution in [0.4, 0.5) is 0 Å². The van der Waals surface area contributed by atoms with Gasteiger partial charge in [-0.25, -0.2) is 0 Å². The summed E-state index contributed by atoms with van der Waals surface area (Å²) in [5, 5.41) is 0.907. The molecule has 0 unspecified atom stereocenters. The molecule has 4 nitrogen and oxygen atoms in total.